The zero-order valence-electron chi connectivity index (χ0n) is 10.6. The first kappa shape index (κ1) is 12.6. The van der Waals surface area contributed by atoms with Crippen molar-refractivity contribution in [2.45, 2.75) is 32.6 Å². The van der Waals surface area contributed by atoms with Crippen molar-refractivity contribution in [3.05, 3.63) is 30.3 Å². The van der Waals surface area contributed by atoms with Gasteiger partial charge in [0.25, 0.3) is 0 Å². The van der Waals surface area contributed by atoms with Gasteiger partial charge in [-0.05, 0) is 6.42 Å². The van der Waals surface area contributed by atoms with Crippen LogP contribution in [0.25, 0.3) is 11.3 Å². The van der Waals surface area contributed by atoms with Crippen LogP contribution in [0.1, 0.15) is 32.6 Å². The molecule has 0 N–H and O–H groups in total. The van der Waals surface area contributed by atoms with Crippen LogP contribution >= 0.6 is 0 Å². The minimum atomic E-state index is 0.415. The molecule has 0 spiro atoms. The highest BCUT2D eigenvalue weighted by molar-refractivity contribution is 5.62. The standard InChI is InChI=1S/C14H18N2O2/c1-2-3-4-8-11-17-14-13(15-16-18-14)12-9-6-5-7-10-12/h5-7,9-10H,2-4,8,11H2,1H3. The Bertz CT molecular complexity index is 454. The monoisotopic (exact) mass is 246 g/mol. The second kappa shape index (κ2) is 6.79. The molecule has 0 bridgehead atoms. The summed E-state index contributed by atoms with van der Waals surface area (Å²) in [7, 11) is 0. The summed E-state index contributed by atoms with van der Waals surface area (Å²) in [6, 6.07) is 9.79. The van der Waals surface area contributed by atoms with E-state index in [2.05, 4.69) is 17.3 Å². The molecule has 0 aliphatic rings. The summed E-state index contributed by atoms with van der Waals surface area (Å²) in [6.07, 6.45) is 4.67. The molecule has 1 aromatic carbocycles. The van der Waals surface area contributed by atoms with Crippen LogP contribution < -0.4 is 4.74 Å². The largest absolute Gasteiger partial charge is 0.462 e. The lowest BCUT2D eigenvalue weighted by atomic mass is 10.2. The summed E-state index contributed by atoms with van der Waals surface area (Å²) in [5.41, 5.74) is 1.63. The fourth-order valence-corrected chi connectivity index (χ4v) is 1.74. The van der Waals surface area contributed by atoms with Gasteiger partial charge in [0.1, 0.15) is 0 Å². The molecule has 0 saturated carbocycles. The van der Waals surface area contributed by atoms with Crippen molar-refractivity contribution in [3.8, 4) is 17.2 Å². The van der Waals surface area contributed by atoms with Crippen molar-refractivity contribution < 1.29 is 9.26 Å². The molecule has 96 valence electrons. The summed E-state index contributed by atoms with van der Waals surface area (Å²) in [6.45, 7) is 2.84. The lowest BCUT2D eigenvalue weighted by Crippen LogP contribution is -1.97. The molecule has 18 heavy (non-hydrogen) atoms. The molecule has 2 rings (SSSR count). The van der Waals surface area contributed by atoms with Crippen LogP contribution in [-0.4, -0.2) is 17.0 Å². The Labute approximate surface area is 107 Å². The van der Waals surface area contributed by atoms with Gasteiger partial charge in [0.15, 0.2) is 5.69 Å². The summed E-state index contributed by atoms with van der Waals surface area (Å²) in [4.78, 5) is 0. The molecular weight excluding hydrogens is 228 g/mol. The molecule has 0 aliphatic carbocycles. The maximum absolute atomic E-state index is 5.59. The smallest absolute Gasteiger partial charge is 0.340 e. The number of ether oxygens (including phenoxy) is 1. The first-order chi connectivity index (χ1) is 8.92. The number of hydrogen-bond acceptors (Lipinski definition) is 4. The average Bonchev–Trinajstić information content (AvgIpc) is 2.88. The lowest BCUT2D eigenvalue weighted by Gasteiger charge is -2.03. The highest BCUT2D eigenvalue weighted by Crippen LogP contribution is 2.27. The van der Waals surface area contributed by atoms with Gasteiger partial charge >= 0.3 is 5.95 Å². The van der Waals surface area contributed by atoms with Crippen molar-refractivity contribution in [2.24, 2.45) is 0 Å². The van der Waals surface area contributed by atoms with E-state index in [1.165, 1.54) is 19.3 Å². The van der Waals surface area contributed by atoms with E-state index in [0.717, 1.165) is 12.0 Å². The van der Waals surface area contributed by atoms with Crippen LogP contribution in [0.4, 0.5) is 0 Å². The number of aromatic nitrogens is 2. The van der Waals surface area contributed by atoms with E-state index in [4.69, 9.17) is 9.26 Å². The Morgan fingerprint density at radius 2 is 1.94 bits per heavy atom. The molecule has 1 aromatic heterocycles. The van der Waals surface area contributed by atoms with Gasteiger partial charge in [-0.2, -0.15) is 0 Å². The average molecular weight is 246 g/mol. The van der Waals surface area contributed by atoms with Gasteiger partial charge < -0.3 is 4.74 Å². The fourth-order valence-electron chi connectivity index (χ4n) is 1.74. The molecule has 2 aromatic rings. The van der Waals surface area contributed by atoms with Crippen molar-refractivity contribution in [1.82, 2.24) is 10.4 Å². The van der Waals surface area contributed by atoms with E-state index in [9.17, 15) is 0 Å². The van der Waals surface area contributed by atoms with Gasteiger partial charge in [0.2, 0.25) is 0 Å². The van der Waals surface area contributed by atoms with Crippen LogP contribution in [0.2, 0.25) is 0 Å². The number of benzene rings is 1. The number of unbranched alkanes of at least 4 members (excludes halogenated alkanes) is 3. The Morgan fingerprint density at radius 3 is 2.72 bits per heavy atom. The highest BCUT2D eigenvalue weighted by Gasteiger charge is 2.13. The molecule has 0 unspecified atom stereocenters. The van der Waals surface area contributed by atoms with E-state index in [1.807, 2.05) is 30.3 Å². The quantitative estimate of drug-likeness (QED) is 0.699. The van der Waals surface area contributed by atoms with Crippen LogP contribution in [-0.2, 0) is 0 Å². The van der Waals surface area contributed by atoms with Gasteiger partial charge in [0.05, 0.1) is 6.61 Å². The Hall–Kier alpha value is -1.84. The third-order valence-corrected chi connectivity index (χ3v) is 2.74. The van der Waals surface area contributed by atoms with E-state index >= 15 is 0 Å². The van der Waals surface area contributed by atoms with Gasteiger partial charge in [-0.15, -0.1) is 5.10 Å². The molecule has 4 heteroatoms. The summed E-state index contributed by atoms with van der Waals surface area (Å²) in [5.74, 6) is 0.415. The SMILES string of the molecule is CCCCCCOc1onnc1-c1ccccc1. The number of hydrogen-bond donors (Lipinski definition) is 0. The first-order valence-corrected chi connectivity index (χ1v) is 6.42. The topological polar surface area (TPSA) is 48.2 Å². The molecule has 0 radical (unpaired) electrons. The van der Waals surface area contributed by atoms with E-state index < -0.39 is 0 Å². The van der Waals surface area contributed by atoms with Crippen molar-refractivity contribution in [3.63, 3.8) is 0 Å². The molecule has 4 nitrogen and oxygen atoms in total. The van der Waals surface area contributed by atoms with Crippen LogP contribution in [0, 0.1) is 0 Å². The molecule has 1 heterocycles. The predicted molar refractivity (Wildman–Crippen MR) is 69.4 cm³/mol. The fraction of sp³-hybridized carbons (Fsp3) is 0.429. The second-order valence-corrected chi connectivity index (χ2v) is 4.18. The van der Waals surface area contributed by atoms with Crippen molar-refractivity contribution >= 4 is 0 Å². The molecule has 0 amide bonds. The summed E-state index contributed by atoms with van der Waals surface area (Å²) >= 11 is 0. The van der Waals surface area contributed by atoms with E-state index in [1.54, 1.807) is 0 Å². The molecular formula is C14H18N2O2. The number of nitrogens with zero attached hydrogens (tertiary/aromatic N) is 2. The highest BCUT2D eigenvalue weighted by atomic mass is 16.6. The maximum Gasteiger partial charge on any atom is 0.340 e. The number of rotatable bonds is 7. The van der Waals surface area contributed by atoms with Gasteiger partial charge in [-0.1, -0.05) is 56.5 Å². The zero-order chi connectivity index (χ0) is 12.6. The minimum Gasteiger partial charge on any atom is -0.462 e. The van der Waals surface area contributed by atoms with Crippen molar-refractivity contribution in [2.75, 3.05) is 6.61 Å². The van der Waals surface area contributed by atoms with Crippen molar-refractivity contribution in [1.29, 1.82) is 0 Å². The zero-order valence-corrected chi connectivity index (χ0v) is 10.6. The molecule has 0 saturated heterocycles. The Kier molecular flexibility index (Phi) is 4.76. The Balaban J connectivity index is 1.92. The molecule has 0 atom stereocenters. The van der Waals surface area contributed by atoms with E-state index in [-0.39, 0.29) is 0 Å². The molecule has 0 fully saturated rings. The maximum atomic E-state index is 5.59. The molecule has 0 aliphatic heterocycles. The Morgan fingerprint density at radius 1 is 1.11 bits per heavy atom. The summed E-state index contributed by atoms with van der Waals surface area (Å²) < 4.78 is 10.6. The van der Waals surface area contributed by atoms with Crippen LogP contribution in [0.15, 0.2) is 34.9 Å². The predicted octanol–water partition coefficient (Wildman–Crippen LogP) is 3.70. The third-order valence-electron chi connectivity index (χ3n) is 2.74. The summed E-state index contributed by atoms with van der Waals surface area (Å²) in [5, 5.41) is 7.52. The third kappa shape index (κ3) is 3.32. The van der Waals surface area contributed by atoms with Gasteiger partial charge in [-0.25, -0.2) is 0 Å². The van der Waals surface area contributed by atoms with E-state index in [0.29, 0.717) is 18.2 Å². The first-order valence-electron chi connectivity index (χ1n) is 6.42. The van der Waals surface area contributed by atoms with Gasteiger partial charge in [-0.3, -0.25) is 4.52 Å². The second-order valence-electron chi connectivity index (χ2n) is 4.18. The van der Waals surface area contributed by atoms with Crippen LogP contribution in [0.5, 0.6) is 5.95 Å². The van der Waals surface area contributed by atoms with Crippen LogP contribution in [0.3, 0.4) is 0 Å². The van der Waals surface area contributed by atoms with Gasteiger partial charge in [0, 0.05) is 10.8 Å². The lowest BCUT2D eigenvalue weighted by molar-refractivity contribution is 0.207. The minimum absolute atomic E-state index is 0.415. The normalized spacial score (nSPS) is 10.5.